The highest BCUT2D eigenvalue weighted by Crippen LogP contribution is 2.15. The first-order valence-electron chi connectivity index (χ1n) is 6.61. The largest absolute Gasteiger partial charge is 0.466 e. The summed E-state index contributed by atoms with van der Waals surface area (Å²) in [6.07, 6.45) is 1.57. The summed E-state index contributed by atoms with van der Waals surface area (Å²) in [5.74, 6) is 0.295. The SMILES string of the molecule is CCOC(=O)CCC(=O)N(C)CC1CCN(C)C1. The van der Waals surface area contributed by atoms with E-state index in [2.05, 4.69) is 11.9 Å². The van der Waals surface area contributed by atoms with Crippen LogP contribution in [0.15, 0.2) is 0 Å². The van der Waals surface area contributed by atoms with Crippen LogP contribution in [0.5, 0.6) is 0 Å². The van der Waals surface area contributed by atoms with E-state index in [0.29, 0.717) is 12.5 Å². The molecule has 1 amide bonds. The van der Waals surface area contributed by atoms with Crippen molar-refractivity contribution in [3.8, 4) is 0 Å². The number of rotatable bonds is 6. The molecular formula is C13H24N2O3. The zero-order valence-electron chi connectivity index (χ0n) is 11.6. The Kier molecular flexibility index (Phi) is 6.12. The molecule has 0 bridgehead atoms. The molecule has 1 heterocycles. The van der Waals surface area contributed by atoms with E-state index in [9.17, 15) is 9.59 Å². The Morgan fingerprint density at radius 2 is 2.11 bits per heavy atom. The number of hydrogen-bond donors (Lipinski definition) is 0. The van der Waals surface area contributed by atoms with Crippen LogP contribution in [0.1, 0.15) is 26.2 Å². The topological polar surface area (TPSA) is 49.9 Å². The molecule has 1 unspecified atom stereocenters. The van der Waals surface area contributed by atoms with Crippen LogP contribution >= 0.6 is 0 Å². The van der Waals surface area contributed by atoms with Crippen molar-refractivity contribution in [2.75, 3.05) is 40.3 Å². The van der Waals surface area contributed by atoms with Gasteiger partial charge < -0.3 is 14.5 Å². The smallest absolute Gasteiger partial charge is 0.306 e. The first kappa shape index (κ1) is 15.0. The van der Waals surface area contributed by atoms with E-state index in [4.69, 9.17) is 4.74 Å². The lowest BCUT2D eigenvalue weighted by Crippen LogP contribution is -2.33. The number of ether oxygens (including phenoxy) is 1. The molecule has 0 aliphatic carbocycles. The third kappa shape index (κ3) is 5.04. The summed E-state index contributed by atoms with van der Waals surface area (Å²) in [6, 6.07) is 0. The molecule has 1 aliphatic heterocycles. The lowest BCUT2D eigenvalue weighted by molar-refractivity contribution is -0.145. The number of nitrogens with zero attached hydrogens (tertiary/aromatic N) is 2. The zero-order valence-corrected chi connectivity index (χ0v) is 11.6. The van der Waals surface area contributed by atoms with Gasteiger partial charge in [0.1, 0.15) is 0 Å². The van der Waals surface area contributed by atoms with Crippen molar-refractivity contribution >= 4 is 11.9 Å². The highest BCUT2D eigenvalue weighted by Gasteiger charge is 2.22. The van der Waals surface area contributed by atoms with E-state index < -0.39 is 0 Å². The van der Waals surface area contributed by atoms with Gasteiger partial charge in [0.25, 0.3) is 0 Å². The third-order valence-electron chi connectivity index (χ3n) is 3.30. The first-order chi connectivity index (χ1) is 8.52. The standard InChI is InChI=1S/C13H24N2O3/c1-4-18-13(17)6-5-12(16)15(3)10-11-7-8-14(2)9-11/h11H,4-10H2,1-3H3. The van der Waals surface area contributed by atoms with E-state index in [0.717, 1.165) is 26.1 Å². The number of amides is 1. The highest BCUT2D eigenvalue weighted by molar-refractivity contribution is 5.81. The summed E-state index contributed by atoms with van der Waals surface area (Å²) >= 11 is 0. The predicted octanol–water partition coefficient (Wildman–Crippen LogP) is 0.740. The molecule has 18 heavy (non-hydrogen) atoms. The van der Waals surface area contributed by atoms with Crippen LogP contribution in [-0.4, -0.2) is 62.0 Å². The molecule has 1 saturated heterocycles. The highest BCUT2D eigenvalue weighted by atomic mass is 16.5. The van der Waals surface area contributed by atoms with Gasteiger partial charge in [0, 0.05) is 26.6 Å². The fraction of sp³-hybridized carbons (Fsp3) is 0.846. The Morgan fingerprint density at radius 1 is 1.39 bits per heavy atom. The van der Waals surface area contributed by atoms with Gasteiger partial charge in [0.05, 0.1) is 13.0 Å². The van der Waals surface area contributed by atoms with Crippen LogP contribution < -0.4 is 0 Å². The second-order valence-corrected chi connectivity index (χ2v) is 5.00. The van der Waals surface area contributed by atoms with E-state index in [1.165, 1.54) is 0 Å². The summed E-state index contributed by atoms with van der Waals surface area (Å²) in [7, 11) is 3.91. The maximum Gasteiger partial charge on any atom is 0.306 e. The quantitative estimate of drug-likeness (QED) is 0.658. The van der Waals surface area contributed by atoms with E-state index in [1.54, 1.807) is 11.8 Å². The van der Waals surface area contributed by atoms with Gasteiger partial charge in [-0.05, 0) is 32.9 Å². The Morgan fingerprint density at radius 3 is 2.67 bits per heavy atom. The van der Waals surface area contributed by atoms with Crippen LogP contribution in [-0.2, 0) is 14.3 Å². The number of likely N-dealkylation sites (tertiary alicyclic amines) is 1. The molecule has 0 spiro atoms. The zero-order chi connectivity index (χ0) is 13.5. The number of esters is 1. The van der Waals surface area contributed by atoms with E-state index in [-0.39, 0.29) is 24.7 Å². The van der Waals surface area contributed by atoms with Gasteiger partial charge in [-0.2, -0.15) is 0 Å². The molecular weight excluding hydrogens is 232 g/mol. The predicted molar refractivity (Wildman–Crippen MR) is 69.1 cm³/mol. The second kappa shape index (κ2) is 7.36. The average molecular weight is 256 g/mol. The van der Waals surface area contributed by atoms with Gasteiger partial charge in [-0.15, -0.1) is 0 Å². The summed E-state index contributed by atoms with van der Waals surface area (Å²) in [6.45, 7) is 5.08. The first-order valence-corrected chi connectivity index (χ1v) is 6.61. The average Bonchev–Trinajstić information content (AvgIpc) is 2.72. The number of carbonyl (C=O) groups excluding carboxylic acids is 2. The Bertz CT molecular complexity index is 294. The van der Waals surface area contributed by atoms with Crippen LogP contribution in [0.3, 0.4) is 0 Å². The van der Waals surface area contributed by atoms with E-state index in [1.807, 2.05) is 7.05 Å². The minimum Gasteiger partial charge on any atom is -0.466 e. The van der Waals surface area contributed by atoms with Gasteiger partial charge in [0.2, 0.25) is 5.91 Å². The third-order valence-corrected chi connectivity index (χ3v) is 3.30. The van der Waals surface area contributed by atoms with Crippen LogP contribution in [0.2, 0.25) is 0 Å². The van der Waals surface area contributed by atoms with Gasteiger partial charge in [-0.3, -0.25) is 9.59 Å². The Hall–Kier alpha value is -1.10. The summed E-state index contributed by atoms with van der Waals surface area (Å²) in [5.41, 5.74) is 0. The maximum absolute atomic E-state index is 11.8. The molecule has 1 fully saturated rings. The molecule has 5 nitrogen and oxygen atoms in total. The molecule has 104 valence electrons. The lowest BCUT2D eigenvalue weighted by atomic mass is 10.1. The van der Waals surface area contributed by atoms with E-state index >= 15 is 0 Å². The Balaban J connectivity index is 2.22. The number of hydrogen-bond acceptors (Lipinski definition) is 4. The molecule has 0 N–H and O–H groups in total. The van der Waals surface area contributed by atoms with Gasteiger partial charge in [-0.1, -0.05) is 0 Å². The molecule has 5 heteroatoms. The minimum atomic E-state index is -0.292. The molecule has 0 aromatic rings. The normalized spacial score (nSPS) is 19.8. The fourth-order valence-electron chi connectivity index (χ4n) is 2.30. The van der Waals surface area contributed by atoms with Crippen molar-refractivity contribution in [1.29, 1.82) is 0 Å². The molecule has 0 aromatic heterocycles. The van der Waals surface area contributed by atoms with Crippen molar-refractivity contribution in [3.05, 3.63) is 0 Å². The molecule has 0 aromatic carbocycles. The van der Waals surface area contributed by atoms with Crippen molar-refractivity contribution in [2.24, 2.45) is 5.92 Å². The maximum atomic E-state index is 11.8. The second-order valence-electron chi connectivity index (χ2n) is 5.00. The lowest BCUT2D eigenvalue weighted by Gasteiger charge is -2.21. The van der Waals surface area contributed by atoms with Gasteiger partial charge in [-0.25, -0.2) is 0 Å². The summed E-state index contributed by atoms with van der Waals surface area (Å²) < 4.78 is 4.80. The molecule has 0 saturated carbocycles. The summed E-state index contributed by atoms with van der Waals surface area (Å²) in [4.78, 5) is 27.0. The fourth-order valence-corrected chi connectivity index (χ4v) is 2.30. The Labute approximate surface area is 109 Å². The van der Waals surface area contributed by atoms with Gasteiger partial charge in [0.15, 0.2) is 0 Å². The van der Waals surface area contributed by atoms with Gasteiger partial charge >= 0.3 is 5.97 Å². The van der Waals surface area contributed by atoms with Crippen LogP contribution in [0, 0.1) is 5.92 Å². The molecule has 1 aliphatic rings. The van der Waals surface area contributed by atoms with Crippen molar-refractivity contribution in [3.63, 3.8) is 0 Å². The van der Waals surface area contributed by atoms with Crippen molar-refractivity contribution in [2.45, 2.75) is 26.2 Å². The molecule has 1 atom stereocenters. The number of carbonyl (C=O) groups is 2. The van der Waals surface area contributed by atoms with Crippen LogP contribution in [0.25, 0.3) is 0 Å². The molecule has 0 radical (unpaired) electrons. The minimum absolute atomic E-state index is 0.0256. The van der Waals surface area contributed by atoms with Crippen LogP contribution in [0.4, 0.5) is 0 Å². The van der Waals surface area contributed by atoms with Crippen molar-refractivity contribution in [1.82, 2.24) is 9.80 Å². The van der Waals surface area contributed by atoms with Crippen molar-refractivity contribution < 1.29 is 14.3 Å². The molecule has 1 rings (SSSR count). The monoisotopic (exact) mass is 256 g/mol. The summed E-state index contributed by atoms with van der Waals surface area (Å²) in [5, 5.41) is 0.